The number of thioether (sulfide) groups is 1. The predicted molar refractivity (Wildman–Crippen MR) is 79.5 cm³/mol. The van der Waals surface area contributed by atoms with Gasteiger partial charge in [0.05, 0.1) is 7.11 Å². The molecule has 0 saturated carbocycles. The summed E-state index contributed by atoms with van der Waals surface area (Å²) in [5.41, 5.74) is -1.57. The summed E-state index contributed by atoms with van der Waals surface area (Å²) >= 11 is 1.29. The van der Waals surface area contributed by atoms with Crippen LogP contribution in [0.25, 0.3) is 0 Å². The summed E-state index contributed by atoms with van der Waals surface area (Å²) < 4.78 is 6.13. The van der Waals surface area contributed by atoms with E-state index >= 15 is 0 Å². The number of esters is 1. The Morgan fingerprint density at radius 2 is 2.14 bits per heavy atom. The third-order valence-electron chi connectivity index (χ3n) is 2.61. The molecule has 9 heteroatoms. The summed E-state index contributed by atoms with van der Waals surface area (Å²) in [5, 5.41) is 5.88. The van der Waals surface area contributed by atoms with Crippen molar-refractivity contribution in [2.45, 2.75) is 37.5 Å². The van der Waals surface area contributed by atoms with Crippen molar-refractivity contribution in [1.82, 2.24) is 20.1 Å². The molecule has 0 aliphatic carbocycles. The van der Waals surface area contributed by atoms with Crippen molar-refractivity contribution in [1.29, 1.82) is 0 Å². The lowest BCUT2D eigenvalue weighted by molar-refractivity contribution is -0.143. The summed E-state index contributed by atoms with van der Waals surface area (Å²) in [6.45, 7) is 3.88. The predicted octanol–water partition coefficient (Wildman–Crippen LogP) is -0.510. The molecule has 1 aromatic heterocycles. The number of methoxy groups -OCH3 is 1. The van der Waals surface area contributed by atoms with Gasteiger partial charge in [-0.15, -0.1) is 0 Å². The number of aromatic nitrogens is 3. The average Bonchev–Trinajstić information content (AvgIpc) is 2.41. The van der Waals surface area contributed by atoms with Crippen LogP contribution < -0.4 is 16.4 Å². The van der Waals surface area contributed by atoms with Crippen molar-refractivity contribution in [3.63, 3.8) is 0 Å². The fraction of sp³-hybridized carbons (Fsp3) is 0.667. The van der Waals surface area contributed by atoms with Crippen LogP contribution in [-0.2, 0) is 16.6 Å². The van der Waals surface area contributed by atoms with Gasteiger partial charge in [0, 0.05) is 18.8 Å². The number of nitrogens with one attached hydrogen (secondary N) is 2. The van der Waals surface area contributed by atoms with Crippen molar-refractivity contribution in [3.05, 3.63) is 20.7 Å². The van der Waals surface area contributed by atoms with Gasteiger partial charge in [-0.05, 0) is 6.42 Å². The normalized spacial score (nSPS) is 12.4. The van der Waals surface area contributed by atoms with Gasteiger partial charge in [0.25, 0.3) is 0 Å². The smallest absolute Gasteiger partial charge is 0.339 e. The van der Waals surface area contributed by atoms with E-state index in [1.165, 1.54) is 23.6 Å². The molecule has 8 nitrogen and oxygen atoms in total. The van der Waals surface area contributed by atoms with Crippen molar-refractivity contribution in [3.8, 4) is 0 Å². The van der Waals surface area contributed by atoms with E-state index in [0.717, 1.165) is 0 Å². The standard InChI is InChI=1S/C12H20N4O4S/c1-7(2)13-8(11(19)20-4)5-6-21-12-14-9(17)10(18)15-16(12)3/h7-8,13H,5-6H2,1-4H3,(H,15,18). The van der Waals surface area contributed by atoms with Crippen molar-refractivity contribution in [2.24, 2.45) is 7.05 Å². The summed E-state index contributed by atoms with van der Waals surface area (Å²) in [7, 11) is 2.94. The number of nitrogens with zero attached hydrogens (tertiary/aromatic N) is 2. The highest BCUT2D eigenvalue weighted by Gasteiger charge is 2.19. The van der Waals surface area contributed by atoms with E-state index in [1.807, 2.05) is 13.8 Å². The van der Waals surface area contributed by atoms with E-state index in [9.17, 15) is 14.4 Å². The fourth-order valence-corrected chi connectivity index (χ4v) is 2.59. The molecule has 1 aromatic rings. The van der Waals surface area contributed by atoms with Crippen LogP contribution >= 0.6 is 11.8 Å². The monoisotopic (exact) mass is 316 g/mol. The number of ether oxygens (including phenoxy) is 1. The highest BCUT2D eigenvalue weighted by atomic mass is 32.2. The molecule has 0 aromatic carbocycles. The molecule has 118 valence electrons. The molecular weight excluding hydrogens is 296 g/mol. The van der Waals surface area contributed by atoms with E-state index in [-0.39, 0.29) is 12.0 Å². The first-order chi connectivity index (χ1) is 9.85. The highest BCUT2D eigenvalue weighted by Crippen LogP contribution is 2.14. The fourth-order valence-electron chi connectivity index (χ4n) is 1.67. The average molecular weight is 316 g/mol. The summed E-state index contributed by atoms with van der Waals surface area (Å²) in [6.07, 6.45) is 0.518. The second-order valence-corrected chi connectivity index (χ2v) is 5.80. The zero-order chi connectivity index (χ0) is 16.0. The zero-order valence-corrected chi connectivity index (χ0v) is 13.3. The molecule has 1 unspecified atom stereocenters. The van der Waals surface area contributed by atoms with E-state index in [4.69, 9.17) is 4.74 Å². The Kier molecular flexibility index (Phi) is 6.63. The Hall–Kier alpha value is -1.61. The summed E-state index contributed by atoms with van der Waals surface area (Å²) in [5.74, 6) is 0.221. The van der Waals surface area contributed by atoms with Gasteiger partial charge in [-0.2, -0.15) is 4.98 Å². The molecule has 1 atom stereocenters. The Bertz CT molecular complexity index is 596. The van der Waals surface area contributed by atoms with E-state index in [0.29, 0.717) is 17.3 Å². The molecule has 21 heavy (non-hydrogen) atoms. The van der Waals surface area contributed by atoms with Gasteiger partial charge in [0.1, 0.15) is 6.04 Å². The summed E-state index contributed by atoms with van der Waals surface area (Å²) in [6, 6.07) is -0.267. The van der Waals surface area contributed by atoms with Crippen LogP contribution in [0.4, 0.5) is 0 Å². The number of carbonyl (C=O) groups is 1. The van der Waals surface area contributed by atoms with Gasteiger partial charge in [-0.3, -0.25) is 24.2 Å². The van der Waals surface area contributed by atoms with Gasteiger partial charge < -0.3 is 10.1 Å². The number of H-pyrrole nitrogens is 1. The number of rotatable bonds is 7. The lowest BCUT2D eigenvalue weighted by Gasteiger charge is -2.18. The van der Waals surface area contributed by atoms with Crippen LogP contribution in [0.1, 0.15) is 20.3 Å². The number of hydrogen-bond donors (Lipinski definition) is 2. The lowest BCUT2D eigenvalue weighted by Crippen LogP contribution is -2.42. The van der Waals surface area contributed by atoms with Gasteiger partial charge in [0.2, 0.25) is 0 Å². The molecule has 0 radical (unpaired) electrons. The quantitative estimate of drug-likeness (QED) is 0.396. The second kappa shape index (κ2) is 7.99. The Labute approximate surface area is 126 Å². The van der Waals surface area contributed by atoms with Crippen molar-refractivity contribution >= 4 is 17.7 Å². The number of hydrogen-bond acceptors (Lipinski definition) is 7. The molecule has 1 heterocycles. The van der Waals surface area contributed by atoms with Crippen molar-refractivity contribution in [2.75, 3.05) is 12.9 Å². The minimum absolute atomic E-state index is 0.148. The minimum Gasteiger partial charge on any atom is -0.468 e. The molecule has 0 aliphatic rings. The first-order valence-electron chi connectivity index (χ1n) is 6.49. The summed E-state index contributed by atoms with van der Waals surface area (Å²) in [4.78, 5) is 37.6. The van der Waals surface area contributed by atoms with Crippen LogP contribution in [0.3, 0.4) is 0 Å². The largest absolute Gasteiger partial charge is 0.468 e. The molecule has 0 amide bonds. The van der Waals surface area contributed by atoms with E-state index in [2.05, 4.69) is 15.4 Å². The van der Waals surface area contributed by atoms with Crippen LogP contribution in [0.5, 0.6) is 0 Å². The highest BCUT2D eigenvalue weighted by molar-refractivity contribution is 7.99. The van der Waals surface area contributed by atoms with Gasteiger partial charge in [-0.1, -0.05) is 25.6 Å². The Morgan fingerprint density at radius 3 is 2.71 bits per heavy atom. The third kappa shape index (κ3) is 5.35. The molecular formula is C12H20N4O4S. The molecule has 0 bridgehead atoms. The molecule has 0 saturated heterocycles. The van der Waals surface area contributed by atoms with Gasteiger partial charge >= 0.3 is 17.1 Å². The van der Waals surface area contributed by atoms with Gasteiger partial charge in [-0.25, -0.2) is 0 Å². The minimum atomic E-state index is -0.819. The number of carbonyl (C=O) groups excluding carboxylic acids is 1. The first-order valence-corrected chi connectivity index (χ1v) is 7.47. The van der Waals surface area contributed by atoms with Crippen LogP contribution in [0, 0.1) is 0 Å². The molecule has 1 rings (SSSR count). The number of aromatic amines is 1. The third-order valence-corrected chi connectivity index (χ3v) is 3.67. The maximum atomic E-state index is 11.6. The number of aryl methyl sites for hydroxylation is 1. The lowest BCUT2D eigenvalue weighted by atomic mass is 10.2. The van der Waals surface area contributed by atoms with Gasteiger partial charge in [0.15, 0.2) is 5.16 Å². The molecule has 0 spiro atoms. The Morgan fingerprint density at radius 1 is 1.48 bits per heavy atom. The maximum Gasteiger partial charge on any atom is 0.339 e. The second-order valence-electron chi connectivity index (χ2n) is 4.73. The first kappa shape index (κ1) is 17.4. The van der Waals surface area contributed by atoms with Crippen LogP contribution in [0.2, 0.25) is 0 Å². The Balaban J connectivity index is 2.66. The van der Waals surface area contributed by atoms with Crippen LogP contribution in [-0.4, -0.2) is 45.7 Å². The van der Waals surface area contributed by atoms with E-state index < -0.39 is 17.2 Å². The molecule has 0 aliphatic heterocycles. The molecule has 2 N–H and O–H groups in total. The zero-order valence-electron chi connectivity index (χ0n) is 12.5. The van der Waals surface area contributed by atoms with E-state index in [1.54, 1.807) is 7.05 Å². The van der Waals surface area contributed by atoms with Crippen molar-refractivity contribution < 1.29 is 9.53 Å². The SMILES string of the molecule is COC(=O)C(CCSc1nc(=O)c(=O)[nH]n1C)NC(C)C. The topological polar surface area (TPSA) is 106 Å². The van der Waals surface area contributed by atoms with Crippen LogP contribution in [0.15, 0.2) is 14.7 Å². The maximum absolute atomic E-state index is 11.6. The molecule has 0 fully saturated rings.